The monoisotopic (exact) mass is 224 g/mol. The molecule has 0 aliphatic rings. The molecule has 0 aliphatic carbocycles. The van der Waals surface area contributed by atoms with E-state index in [1.807, 2.05) is 12.3 Å². The van der Waals surface area contributed by atoms with Crippen molar-refractivity contribution in [3.05, 3.63) is 12.3 Å². The summed E-state index contributed by atoms with van der Waals surface area (Å²) in [6.07, 6.45) is 4.44. The number of nitrogens with one attached hydrogen (secondary N) is 1. The van der Waals surface area contributed by atoms with Crippen LogP contribution in [0.15, 0.2) is 12.3 Å². The highest BCUT2D eigenvalue weighted by molar-refractivity contribution is 5.73. The van der Waals surface area contributed by atoms with E-state index >= 15 is 0 Å². The molecule has 1 aromatic rings. The van der Waals surface area contributed by atoms with Crippen molar-refractivity contribution in [2.24, 2.45) is 5.73 Å². The fraction of sp³-hybridized carbons (Fsp3) is 0.636. The van der Waals surface area contributed by atoms with Crippen LogP contribution in [0.25, 0.3) is 0 Å². The number of anilines is 1. The van der Waals surface area contributed by atoms with Crippen LogP contribution in [0, 0.1) is 0 Å². The highest BCUT2D eigenvalue weighted by atomic mass is 16.1. The number of carbonyl (C=O) groups excluding carboxylic acids is 1. The van der Waals surface area contributed by atoms with E-state index in [9.17, 15) is 4.79 Å². The lowest BCUT2D eigenvalue weighted by Crippen LogP contribution is -2.16. The minimum Gasteiger partial charge on any atom is -0.370 e. The summed E-state index contributed by atoms with van der Waals surface area (Å²) in [6.45, 7) is 4.83. The number of hydrogen-bond acceptors (Lipinski definition) is 3. The summed E-state index contributed by atoms with van der Waals surface area (Å²) < 4.78 is 1.73. The summed E-state index contributed by atoms with van der Waals surface area (Å²) in [6, 6.07) is 2.33. The van der Waals surface area contributed by atoms with E-state index in [0.29, 0.717) is 19.0 Å². The van der Waals surface area contributed by atoms with Gasteiger partial charge in [-0.05, 0) is 13.3 Å². The van der Waals surface area contributed by atoms with Crippen molar-refractivity contribution < 1.29 is 4.79 Å². The SMILES string of the molecule is CCCC(C)Nc1ccn(CCC(N)=O)n1. The molecular weight excluding hydrogens is 204 g/mol. The zero-order chi connectivity index (χ0) is 12.0. The first-order valence-corrected chi connectivity index (χ1v) is 5.70. The van der Waals surface area contributed by atoms with Crippen LogP contribution in [0.2, 0.25) is 0 Å². The zero-order valence-electron chi connectivity index (χ0n) is 9.94. The summed E-state index contributed by atoms with van der Waals surface area (Å²) in [4.78, 5) is 10.6. The predicted octanol–water partition coefficient (Wildman–Crippen LogP) is 1.36. The molecule has 3 N–H and O–H groups in total. The second-order valence-corrected chi connectivity index (χ2v) is 4.01. The Kier molecular flexibility index (Phi) is 4.82. The fourth-order valence-corrected chi connectivity index (χ4v) is 1.55. The van der Waals surface area contributed by atoms with E-state index in [1.54, 1.807) is 4.68 Å². The lowest BCUT2D eigenvalue weighted by molar-refractivity contribution is -0.118. The van der Waals surface area contributed by atoms with Gasteiger partial charge in [0.2, 0.25) is 5.91 Å². The van der Waals surface area contributed by atoms with Crippen molar-refractivity contribution in [2.45, 2.75) is 45.7 Å². The molecule has 0 radical (unpaired) electrons. The molecule has 1 heterocycles. The smallest absolute Gasteiger partial charge is 0.219 e. The summed E-state index contributed by atoms with van der Waals surface area (Å²) in [5, 5.41) is 7.60. The van der Waals surface area contributed by atoms with Gasteiger partial charge in [0, 0.05) is 31.3 Å². The van der Waals surface area contributed by atoms with Crippen molar-refractivity contribution in [2.75, 3.05) is 5.32 Å². The van der Waals surface area contributed by atoms with Crippen molar-refractivity contribution in [1.29, 1.82) is 0 Å². The molecule has 0 saturated carbocycles. The van der Waals surface area contributed by atoms with Gasteiger partial charge in [-0.15, -0.1) is 0 Å². The normalized spacial score (nSPS) is 12.4. The van der Waals surface area contributed by atoms with Gasteiger partial charge in [0.1, 0.15) is 5.82 Å². The minimum atomic E-state index is -0.302. The molecule has 5 heteroatoms. The van der Waals surface area contributed by atoms with Crippen molar-refractivity contribution in [1.82, 2.24) is 9.78 Å². The maximum absolute atomic E-state index is 10.6. The number of nitrogens with two attached hydrogens (primary N) is 1. The van der Waals surface area contributed by atoms with E-state index < -0.39 is 0 Å². The summed E-state index contributed by atoms with van der Waals surface area (Å²) >= 11 is 0. The second kappa shape index (κ2) is 6.15. The molecule has 1 amide bonds. The van der Waals surface area contributed by atoms with Crippen LogP contribution in [0.3, 0.4) is 0 Å². The Morgan fingerprint density at radius 1 is 1.69 bits per heavy atom. The van der Waals surface area contributed by atoms with Crippen LogP contribution in [-0.2, 0) is 11.3 Å². The molecule has 0 fully saturated rings. The van der Waals surface area contributed by atoms with Gasteiger partial charge in [-0.25, -0.2) is 0 Å². The van der Waals surface area contributed by atoms with E-state index in [0.717, 1.165) is 18.7 Å². The lowest BCUT2D eigenvalue weighted by atomic mass is 10.2. The van der Waals surface area contributed by atoms with Crippen LogP contribution < -0.4 is 11.1 Å². The molecule has 90 valence electrons. The third-order valence-electron chi connectivity index (χ3n) is 2.34. The number of aromatic nitrogens is 2. The van der Waals surface area contributed by atoms with Gasteiger partial charge in [0.15, 0.2) is 0 Å². The highest BCUT2D eigenvalue weighted by Gasteiger charge is 2.04. The van der Waals surface area contributed by atoms with Crippen LogP contribution in [0.4, 0.5) is 5.82 Å². The number of hydrogen-bond donors (Lipinski definition) is 2. The zero-order valence-corrected chi connectivity index (χ0v) is 9.94. The number of rotatable bonds is 7. The lowest BCUT2D eigenvalue weighted by Gasteiger charge is -2.11. The molecule has 1 aromatic heterocycles. The van der Waals surface area contributed by atoms with Gasteiger partial charge in [-0.1, -0.05) is 13.3 Å². The average Bonchev–Trinajstić information content (AvgIpc) is 2.63. The Bertz CT molecular complexity index is 334. The Balaban J connectivity index is 2.41. The summed E-state index contributed by atoms with van der Waals surface area (Å²) in [5.74, 6) is 0.551. The van der Waals surface area contributed by atoms with Crippen LogP contribution in [0.1, 0.15) is 33.1 Å². The van der Waals surface area contributed by atoms with E-state index in [4.69, 9.17) is 5.73 Å². The predicted molar refractivity (Wildman–Crippen MR) is 64.0 cm³/mol. The van der Waals surface area contributed by atoms with Gasteiger partial charge >= 0.3 is 0 Å². The van der Waals surface area contributed by atoms with E-state index in [-0.39, 0.29) is 5.91 Å². The molecule has 1 rings (SSSR count). The van der Waals surface area contributed by atoms with Crippen molar-refractivity contribution in [3.63, 3.8) is 0 Å². The molecule has 0 spiro atoms. The molecule has 1 unspecified atom stereocenters. The van der Waals surface area contributed by atoms with Gasteiger partial charge in [-0.2, -0.15) is 5.10 Å². The molecule has 0 aromatic carbocycles. The maximum Gasteiger partial charge on any atom is 0.219 e. The number of nitrogens with zero attached hydrogens (tertiary/aromatic N) is 2. The van der Waals surface area contributed by atoms with Crippen LogP contribution >= 0.6 is 0 Å². The third-order valence-corrected chi connectivity index (χ3v) is 2.34. The fourth-order valence-electron chi connectivity index (χ4n) is 1.55. The molecule has 1 atom stereocenters. The topological polar surface area (TPSA) is 72.9 Å². The maximum atomic E-state index is 10.6. The van der Waals surface area contributed by atoms with Gasteiger partial charge < -0.3 is 11.1 Å². The third kappa shape index (κ3) is 4.33. The first kappa shape index (κ1) is 12.5. The highest BCUT2D eigenvalue weighted by Crippen LogP contribution is 2.07. The van der Waals surface area contributed by atoms with Crippen molar-refractivity contribution >= 4 is 11.7 Å². The standard InChI is InChI=1S/C11H20N4O/c1-3-4-9(2)13-11-6-8-15(14-11)7-5-10(12)16/h6,8-9H,3-5,7H2,1-2H3,(H2,12,16)(H,13,14). The molecule has 5 nitrogen and oxygen atoms in total. The number of primary amides is 1. The van der Waals surface area contributed by atoms with Crippen molar-refractivity contribution in [3.8, 4) is 0 Å². The summed E-state index contributed by atoms with van der Waals surface area (Å²) in [5.41, 5.74) is 5.07. The summed E-state index contributed by atoms with van der Waals surface area (Å²) in [7, 11) is 0. The number of aryl methyl sites for hydroxylation is 1. The molecule has 0 saturated heterocycles. The molecule has 16 heavy (non-hydrogen) atoms. The Morgan fingerprint density at radius 3 is 3.06 bits per heavy atom. The molecular formula is C11H20N4O. The Labute approximate surface area is 96.0 Å². The van der Waals surface area contributed by atoms with E-state index in [1.165, 1.54) is 0 Å². The van der Waals surface area contributed by atoms with Gasteiger partial charge in [0.25, 0.3) is 0 Å². The van der Waals surface area contributed by atoms with Gasteiger partial charge in [-0.3, -0.25) is 9.48 Å². The van der Waals surface area contributed by atoms with Gasteiger partial charge in [0.05, 0.1) is 0 Å². The second-order valence-electron chi connectivity index (χ2n) is 4.01. The van der Waals surface area contributed by atoms with E-state index in [2.05, 4.69) is 24.3 Å². The molecule has 0 aliphatic heterocycles. The average molecular weight is 224 g/mol. The first-order valence-electron chi connectivity index (χ1n) is 5.70. The largest absolute Gasteiger partial charge is 0.370 e. The first-order chi connectivity index (χ1) is 7.61. The number of carbonyl (C=O) groups is 1. The number of amides is 1. The van der Waals surface area contributed by atoms with Crippen LogP contribution in [0.5, 0.6) is 0 Å². The molecule has 0 bridgehead atoms. The quantitative estimate of drug-likeness (QED) is 0.734. The Morgan fingerprint density at radius 2 is 2.44 bits per heavy atom. The Hall–Kier alpha value is -1.52. The van der Waals surface area contributed by atoms with Crippen LogP contribution in [-0.4, -0.2) is 21.7 Å². The minimum absolute atomic E-state index is 0.302.